The highest BCUT2D eigenvalue weighted by molar-refractivity contribution is 5.89. The van der Waals surface area contributed by atoms with E-state index in [0.717, 1.165) is 0 Å². The van der Waals surface area contributed by atoms with Crippen LogP contribution in [0.3, 0.4) is 0 Å². The van der Waals surface area contributed by atoms with Gasteiger partial charge >= 0.3 is 0 Å². The molecular formula is C17H12F2N6O2. The Balaban J connectivity index is 1.93. The van der Waals surface area contributed by atoms with Gasteiger partial charge in [0.15, 0.2) is 0 Å². The molecule has 3 rings (SSSR count). The lowest BCUT2D eigenvalue weighted by Crippen LogP contribution is -2.31. The Labute approximate surface area is 151 Å². The summed E-state index contributed by atoms with van der Waals surface area (Å²) in [5.41, 5.74) is -0.322. The average Bonchev–Trinajstić information content (AvgIpc) is 2.64. The topological polar surface area (TPSA) is 114 Å². The van der Waals surface area contributed by atoms with Crippen molar-refractivity contribution in [2.45, 2.75) is 19.9 Å². The standard InChI is InChI=1S/C17H12F2N6O2/c1-9-2-3-11-12(4-9)14(15(18)19)24-25(16(11)27)8-13(26)23-17-21-6-10(5-20)7-22-17/h2-4,6-7,15H,8H2,1H3,(H,21,22,23,26). The predicted octanol–water partition coefficient (Wildman–Crippen LogP) is 1.94. The SMILES string of the molecule is Cc1ccc2c(=O)n(CC(=O)Nc3ncc(C#N)cn3)nc(C(F)F)c2c1. The van der Waals surface area contributed by atoms with Crippen LogP contribution in [0.2, 0.25) is 0 Å². The van der Waals surface area contributed by atoms with Gasteiger partial charge in [0, 0.05) is 5.39 Å². The molecule has 8 nitrogen and oxygen atoms in total. The summed E-state index contributed by atoms with van der Waals surface area (Å²) in [5, 5.41) is 14.8. The van der Waals surface area contributed by atoms with Gasteiger partial charge in [0.25, 0.3) is 12.0 Å². The quantitative estimate of drug-likeness (QED) is 0.751. The number of amides is 1. The highest BCUT2D eigenvalue weighted by Gasteiger charge is 2.19. The molecule has 0 saturated carbocycles. The molecule has 0 aliphatic rings. The second kappa shape index (κ2) is 7.25. The second-order valence-electron chi connectivity index (χ2n) is 5.65. The Hall–Kier alpha value is -3.74. The molecule has 0 radical (unpaired) electrons. The van der Waals surface area contributed by atoms with E-state index in [1.807, 2.05) is 6.07 Å². The molecule has 0 fully saturated rings. The lowest BCUT2D eigenvalue weighted by atomic mass is 10.1. The Morgan fingerprint density at radius 3 is 2.63 bits per heavy atom. The third-order valence-corrected chi connectivity index (χ3v) is 3.68. The fraction of sp³-hybridized carbons (Fsp3) is 0.176. The summed E-state index contributed by atoms with van der Waals surface area (Å²) in [4.78, 5) is 32.1. The maximum Gasteiger partial charge on any atom is 0.282 e. The minimum Gasteiger partial charge on any atom is -0.293 e. The minimum atomic E-state index is -2.91. The van der Waals surface area contributed by atoms with Crippen molar-refractivity contribution in [2.75, 3.05) is 5.32 Å². The number of carbonyl (C=O) groups excluding carboxylic acids is 1. The van der Waals surface area contributed by atoms with Crippen molar-refractivity contribution in [2.24, 2.45) is 0 Å². The highest BCUT2D eigenvalue weighted by atomic mass is 19.3. The summed E-state index contributed by atoms with van der Waals surface area (Å²) in [6.07, 6.45) is -0.494. The summed E-state index contributed by atoms with van der Waals surface area (Å²) < 4.78 is 27.4. The van der Waals surface area contributed by atoms with Gasteiger partial charge in [-0.2, -0.15) is 10.4 Å². The minimum absolute atomic E-state index is 0.0494. The molecule has 27 heavy (non-hydrogen) atoms. The van der Waals surface area contributed by atoms with Gasteiger partial charge in [0.1, 0.15) is 18.3 Å². The number of aryl methyl sites for hydroxylation is 1. The van der Waals surface area contributed by atoms with Crippen LogP contribution in [0.1, 0.15) is 23.2 Å². The number of hydrogen-bond acceptors (Lipinski definition) is 6. The van der Waals surface area contributed by atoms with E-state index in [4.69, 9.17) is 5.26 Å². The van der Waals surface area contributed by atoms with Gasteiger partial charge < -0.3 is 0 Å². The summed E-state index contributed by atoms with van der Waals surface area (Å²) in [6, 6.07) is 6.34. The number of rotatable bonds is 4. The molecule has 0 aliphatic heterocycles. The molecule has 1 aromatic carbocycles. The van der Waals surface area contributed by atoms with E-state index in [1.54, 1.807) is 13.0 Å². The van der Waals surface area contributed by atoms with E-state index >= 15 is 0 Å². The molecule has 2 aromatic heterocycles. The number of nitriles is 1. The molecule has 2 heterocycles. The van der Waals surface area contributed by atoms with E-state index < -0.39 is 30.1 Å². The Morgan fingerprint density at radius 2 is 2.00 bits per heavy atom. The number of aromatic nitrogens is 4. The van der Waals surface area contributed by atoms with E-state index in [-0.39, 0.29) is 22.3 Å². The van der Waals surface area contributed by atoms with Crippen molar-refractivity contribution < 1.29 is 13.6 Å². The van der Waals surface area contributed by atoms with Gasteiger partial charge in [-0.05, 0) is 19.1 Å². The van der Waals surface area contributed by atoms with Crippen molar-refractivity contribution in [1.29, 1.82) is 5.26 Å². The van der Waals surface area contributed by atoms with Crippen molar-refractivity contribution >= 4 is 22.6 Å². The van der Waals surface area contributed by atoms with Crippen LogP contribution < -0.4 is 10.9 Å². The van der Waals surface area contributed by atoms with Crippen molar-refractivity contribution in [3.05, 3.63) is 57.8 Å². The Morgan fingerprint density at radius 1 is 1.30 bits per heavy atom. The fourth-order valence-electron chi connectivity index (χ4n) is 2.44. The lowest BCUT2D eigenvalue weighted by molar-refractivity contribution is -0.117. The maximum absolute atomic E-state index is 13.4. The van der Waals surface area contributed by atoms with E-state index in [2.05, 4.69) is 20.4 Å². The van der Waals surface area contributed by atoms with Gasteiger partial charge in [0.05, 0.1) is 23.3 Å². The number of alkyl halides is 2. The van der Waals surface area contributed by atoms with Crippen LogP contribution in [0.4, 0.5) is 14.7 Å². The molecule has 1 amide bonds. The van der Waals surface area contributed by atoms with Crippen LogP contribution >= 0.6 is 0 Å². The first-order valence-corrected chi connectivity index (χ1v) is 7.70. The van der Waals surface area contributed by atoms with Crippen LogP contribution in [0.15, 0.2) is 35.4 Å². The number of hydrogen-bond donors (Lipinski definition) is 1. The van der Waals surface area contributed by atoms with E-state index in [9.17, 15) is 18.4 Å². The van der Waals surface area contributed by atoms with Crippen molar-refractivity contribution in [3.8, 4) is 6.07 Å². The second-order valence-corrected chi connectivity index (χ2v) is 5.65. The zero-order valence-electron chi connectivity index (χ0n) is 14.0. The fourth-order valence-corrected chi connectivity index (χ4v) is 2.44. The number of nitrogens with zero attached hydrogens (tertiary/aromatic N) is 5. The first-order chi connectivity index (χ1) is 12.9. The van der Waals surface area contributed by atoms with Gasteiger partial charge in [0.2, 0.25) is 11.9 Å². The first kappa shape index (κ1) is 18.1. The van der Waals surface area contributed by atoms with Crippen LogP contribution in [0.25, 0.3) is 10.8 Å². The normalized spacial score (nSPS) is 10.8. The Kier molecular flexibility index (Phi) is 4.85. The third kappa shape index (κ3) is 3.77. The number of halogens is 2. The van der Waals surface area contributed by atoms with Crippen molar-refractivity contribution in [1.82, 2.24) is 19.7 Å². The molecule has 0 aliphatic carbocycles. The molecule has 0 spiro atoms. The lowest BCUT2D eigenvalue weighted by Gasteiger charge is -2.11. The summed E-state index contributed by atoms with van der Waals surface area (Å²) in [7, 11) is 0. The van der Waals surface area contributed by atoms with E-state index in [0.29, 0.717) is 10.2 Å². The third-order valence-electron chi connectivity index (χ3n) is 3.68. The summed E-state index contributed by atoms with van der Waals surface area (Å²) in [6.45, 7) is 1.12. The summed E-state index contributed by atoms with van der Waals surface area (Å²) in [5.74, 6) is -0.807. The molecule has 10 heteroatoms. The number of nitrogens with one attached hydrogen (secondary N) is 1. The number of fused-ring (bicyclic) bond motifs is 1. The monoisotopic (exact) mass is 370 g/mol. The van der Waals surface area contributed by atoms with Crippen LogP contribution in [-0.2, 0) is 11.3 Å². The zero-order chi connectivity index (χ0) is 19.6. The smallest absolute Gasteiger partial charge is 0.282 e. The van der Waals surface area contributed by atoms with Gasteiger partial charge in [-0.1, -0.05) is 11.6 Å². The maximum atomic E-state index is 13.4. The zero-order valence-corrected chi connectivity index (χ0v) is 14.0. The molecule has 0 unspecified atom stereocenters. The van der Waals surface area contributed by atoms with E-state index in [1.165, 1.54) is 24.5 Å². The van der Waals surface area contributed by atoms with Crippen molar-refractivity contribution in [3.63, 3.8) is 0 Å². The molecule has 1 N–H and O–H groups in total. The van der Waals surface area contributed by atoms with Crippen LogP contribution in [0, 0.1) is 18.3 Å². The largest absolute Gasteiger partial charge is 0.293 e. The van der Waals surface area contributed by atoms with Gasteiger partial charge in [-0.3, -0.25) is 14.9 Å². The van der Waals surface area contributed by atoms with Crippen LogP contribution in [0.5, 0.6) is 0 Å². The Bertz CT molecular complexity index is 1120. The molecule has 3 aromatic rings. The molecule has 0 bridgehead atoms. The average molecular weight is 370 g/mol. The number of carbonyl (C=O) groups is 1. The van der Waals surface area contributed by atoms with Gasteiger partial charge in [-0.25, -0.2) is 23.4 Å². The van der Waals surface area contributed by atoms with Gasteiger partial charge in [-0.15, -0.1) is 0 Å². The molecule has 0 saturated heterocycles. The highest BCUT2D eigenvalue weighted by Crippen LogP contribution is 2.24. The number of benzene rings is 1. The first-order valence-electron chi connectivity index (χ1n) is 7.70. The number of anilines is 1. The van der Waals surface area contributed by atoms with Crippen LogP contribution in [-0.4, -0.2) is 25.7 Å². The molecular weight excluding hydrogens is 358 g/mol. The predicted molar refractivity (Wildman–Crippen MR) is 91.1 cm³/mol. The molecule has 0 atom stereocenters. The molecule has 136 valence electrons. The summed E-state index contributed by atoms with van der Waals surface area (Å²) >= 11 is 0.